The molecule has 3 atom stereocenters. The van der Waals surface area contributed by atoms with Crippen molar-refractivity contribution in [2.24, 2.45) is 0 Å². The summed E-state index contributed by atoms with van der Waals surface area (Å²) in [6.07, 6.45) is -5.22. The van der Waals surface area contributed by atoms with E-state index in [4.69, 9.17) is 26.2 Å². The predicted molar refractivity (Wildman–Crippen MR) is 133 cm³/mol. The van der Waals surface area contributed by atoms with Crippen LogP contribution in [-0.2, 0) is 38.6 Å². The number of hydrogen-bond acceptors (Lipinski definition) is 9. The molecule has 0 spiro atoms. The van der Waals surface area contributed by atoms with Crippen LogP contribution in [-0.4, -0.2) is 55.9 Å². The Labute approximate surface area is 226 Å². The number of hydrogen-bond donors (Lipinski definition) is 2. The van der Waals surface area contributed by atoms with Crippen LogP contribution >= 0.6 is 11.6 Å². The van der Waals surface area contributed by atoms with Crippen LogP contribution in [0.3, 0.4) is 0 Å². The van der Waals surface area contributed by atoms with Gasteiger partial charge in [0, 0.05) is 17.8 Å². The summed E-state index contributed by atoms with van der Waals surface area (Å²) in [5.41, 5.74) is -0.0871. The lowest BCUT2D eigenvalue weighted by Crippen LogP contribution is -2.41. The van der Waals surface area contributed by atoms with E-state index in [1.165, 1.54) is 6.07 Å². The van der Waals surface area contributed by atoms with Gasteiger partial charge < -0.3 is 24.4 Å². The van der Waals surface area contributed by atoms with E-state index >= 15 is 0 Å². The van der Waals surface area contributed by atoms with Crippen molar-refractivity contribution < 1.29 is 42.8 Å². The van der Waals surface area contributed by atoms with Gasteiger partial charge in [-0.05, 0) is 17.2 Å². The highest BCUT2D eigenvalue weighted by Crippen LogP contribution is 2.41. The lowest BCUT2D eigenvalue weighted by atomic mass is 10.1. The standard InChI is InChI=1S/C18H18F2N2O6.C8H7ClO2/c19-18(20)15(25)13(9-23)28-16(18)22-7-6-12(21-17(22)26)8-14(24)27-10-11-4-2-1-3-5-11;9-8(10)11-6-7-4-2-1-3-5-7/h1-7,13,15-16,23,25H,8-10H2;1-5H,6H2. The van der Waals surface area contributed by atoms with Crippen LogP contribution < -0.4 is 5.69 Å². The van der Waals surface area contributed by atoms with Gasteiger partial charge in [-0.2, -0.15) is 13.8 Å². The summed E-state index contributed by atoms with van der Waals surface area (Å²) in [4.78, 5) is 37.8. The van der Waals surface area contributed by atoms with E-state index in [0.29, 0.717) is 4.57 Å². The SMILES string of the molecule is O=C(Cc1ccn(C2OC(CO)C(O)C2(F)F)c(=O)n1)OCc1ccccc1.O=C(Cl)OCc1ccccc1. The van der Waals surface area contributed by atoms with Gasteiger partial charge in [-0.1, -0.05) is 60.7 Å². The summed E-state index contributed by atoms with van der Waals surface area (Å²) < 4.78 is 43.3. The molecule has 1 fully saturated rings. The molecule has 3 unspecified atom stereocenters. The van der Waals surface area contributed by atoms with Gasteiger partial charge in [-0.3, -0.25) is 9.36 Å². The second-order valence-electron chi connectivity index (χ2n) is 8.27. The second-order valence-corrected chi connectivity index (χ2v) is 8.58. The van der Waals surface area contributed by atoms with Gasteiger partial charge in [0.15, 0.2) is 6.10 Å². The fourth-order valence-corrected chi connectivity index (χ4v) is 3.55. The van der Waals surface area contributed by atoms with Crippen LogP contribution in [0.5, 0.6) is 0 Å². The molecule has 208 valence electrons. The Balaban J connectivity index is 0.000000320. The molecule has 4 rings (SSSR count). The lowest BCUT2D eigenvalue weighted by molar-refractivity contribution is -0.144. The van der Waals surface area contributed by atoms with Crippen molar-refractivity contribution in [2.75, 3.05) is 6.61 Å². The number of ether oxygens (including phenoxy) is 3. The number of carbonyl (C=O) groups is 2. The van der Waals surface area contributed by atoms with Gasteiger partial charge in [-0.15, -0.1) is 0 Å². The summed E-state index contributed by atoms with van der Waals surface area (Å²) in [6.45, 7) is -0.538. The molecule has 0 radical (unpaired) electrons. The number of halogens is 3. The van der Waals surface area contributed by atoms with Crippen molar-refractivity contribution in [3.8, 4) is 0 Å². The molecule has 1 saturated heterocycles. The quantitative estimate of drug-likeness (QED) is 0.311. The molecule has 39 heavy (non-hydrogen) atoms. The third-order valence-corrected chi connectivity index (χ3v) is 5.57. The average molecular weight is 567 g/mol. The molecule has 0 bridgehead atoms. The summed E-state index contributed by atoms with van der Waals surface area (Å²) in [7, 11) is 0. The number of aliphatic hydroxyl groups is 2. The zero-order chi connectivity index (χ0) is 28.4. The topological polar surface area (TPSA) is 137 Å². The van der Waals surface area contributed by atoms with E-state index in [-0.39, 0.29) is 25.3 Å². The Hall–Kier alpha value is -3.71. The molecular formula is C26H25ClF2N2O8. The smallest absolute Gasteiger partial charge is 0.404 e. The van der Waals surface area contributed by atoms with Gasteiger partial charge >= 0.3 is 23.0 Å². The predicted octanol–water partition coefficient (Wildman–Crippen LogP) is 2.98. The first-order valence-corrected chi connectivity index (χ1v) is 12.0. The van der Waals surface area contributed by atoms with Crippen molar-refractivity contribution in [3.05, 3.63) is 100 Å². The lowest BCUT2D eigenvalue weighted by Gasteiger charge is -2.21. The Kier molecular flexibility index (Phi) is 10.6. The Morgan fingerprint density at radius 1 is 1.00 bits per heavy atom. The molecule has 0 saturated carbocycles. The molecule has 1 aliphatic heterocycles. The van der Waals surface area contributed by atoms with Gasteiger partial charge in [0.05, 0.1) is 18.7 Å². The Morgan fingerprint density at radius 2 is 1.56 bits per heavy atom. The summed E-state index contributed by atoms with van der Waals surface area (Å²) in [5, 5.41) is 18.5. The number of alkyl halides is 2. The maximum absolute atomic E-state index is 14.1. The zero-order valence-corrected chi connectivity index (χ0v) is 21.1. The van der Waals surface area contributed by atoms with Crippen molar-refractivity contribution in [1.82, 2.24) is 9.55 Å². The van der Waals surface area contributed by atoms with E-state index in [0.717, 1.165) is 17.3 Å². The number of aliphatic hydroxyl groups excluding tert-OH is 2. The third kappa shape index (κ3) is 8.39. The van der Waals surface area contributed by atoms with E-state index in [9.17, 15) is 28.3 Å². The minimum absolute atomic E-state index is 0.0416. The maximum atomic E-state index is 14.1. The maximum Gasteiger partial charge on any atom is 0.404 e. The highest BCUT2D eigenvalue weighted by atomic mass is 35.5. The van der Waals surface area contributed by atoms with Crippen LogP contribution in [0.1, 0.15) is 23.0 Å². The first-order chi connectivity index (χ1) is 18.6. The molecule has 1 aromatic heterocycles. The van der Waals surface area contributed by atoms with Crippen molar-refractivity contribution >= 4 is 23.0 Å². The first kappa shape index (κ1) is 29.8. The number of esters is 1. The van der Waals surface area contributed by atoms with Crippen LogP contribution in [0.25, 0.3) is 0 Å². The molecule has 0 aliphatic carbocycles. The van der Waals surface area contributed by atoms with Crippen LogP contribution in [0, 0.1) is 0 Å². The highest BCUT2D eigenvalue weighted by Gasteiger charge is 2.59. The molecule has 2 aromatic carbocycles. The van der Waals surface area contributed by atoms with Crippen LogP contribution in [0.15, 0.2) is 77.7 Å². The van der Waals surface area contributed by atoms with Crippen molar-refractivity contribution in [1.29, 1.82) is 0 Å². The fourth-order valence-electron chi connectivity index (χ4n) is 3.49. The largest absolute Gasteiger partial charge is 0.461 e. The molecule has 1 aliphatic rings. The number of rotatable bonds is 8. The van der Waals surface area contributed by atoms with Crippen LogP contribution in [0.2, 0.25) is 0 Å². The van der Waals surface area contributed by atoms with E-state index in [1.54, 1.807) is 24.3 Å². The minimum Gasteiger partial charge on any atom is -0.461 e. The zero-order valence-electron chi connectivity index (χ0n) is 20.4. The summed E-state index contributed by atoms with van der Waals surface area (Å²) >= 11 is 4.97. The fraction of sp³-hybridized carbons (Fsp3) is 0.308. The number of benzene rings is 2. The van der Waals surface area contributed by atoms with Gasteiger partial charge in [-0.25, -0.2) is 9.59 Å². The number of aromatic nitrogens is 2. The Bertz CT molecular complexity index is 1290. The second kappa shape index (κ2) is 13.9. The third-order valence-electron chi connectivity index (χ3n) is 5.46. The van der Waals surface area contributed by atoms with Gasteiger partial charge in [0.25, 0.3) is 0 Å². The number of nitrogens with zero attached hydrogens (tertiary/aromatic N) is 2. The Morgan fingerprint density at radius 3 is 2.05 bits per heavy atom. The molecular weight excluding hydrogens is 542 g/mol. The molecule has 2 heterocycles. The molecule has 0 amide bonds. The molecule has 10 nitrogen and oxygen atoms in total. The average Bonchev–Trinajstić information content (AvgIpc) is 3.16. The van der Waals surface area contributed by atoms with E-state index < -0.39 is 48.1 Å². The van der Waals surface area contributed by atoms with Gasteiger partial charge in [0.1, 0.15) is 19.3 Å². The normalized spacial score (nSPS) is 19.5. The first-order valence-electron chi connectivity index (χ1n) is 11.6. The monoisotopic (exact) mass is 566 g/mol. The van der Waals surface area contributed by atoms with Gasteiger partial charge in [0.2, 0.25) is 6.23 Å². The van der Waals surface area contributed by atoms with Crippen molar-refractivity contribution in [2.45, 2.75) is 44.0 Å². The summed E-state index contributed by atoms with van der Waals surface area (Å²) in [6, 6.07) is 19.5. The molecule has 3 aromatic rings. The molecule has 2 N–H and O–H groups in total. The van der Waals surface area contributed by atoms with Crippen LogP contribution in [0.4, 0.5) is 13.6 Å². The molecule has 13 heteroatoms. The van der Waals surface area contributed by atoms with Crippen molar-refractivity contribution in [3.63, 3.8) is 0 Å². The number of carbonyl (C=O) groups excluding carboxylic acids is 2. The van der Waals surface area contributed by atoms with E-state index in [1.807, 2.05) is 36.4 Å². The highest BCUT2D eigenvalue weighted by molar-refractivity contribution is 6.61. The van der Waals surface area contributed by atoms with E-state index in [2.05, 4.69) is 9.72 Å². The minimum atomic E-state index is -3.80. The summed E-state index contributed by atoms with van der Waals surface area (Å²) in [5.74, 6) is -4.43.